The van der Waals surface area contributed by atoms with E-state index in [9.17, 15) is 22.6 Å². The summed E-state index contributed by atoms with van der Waals surface area (Å²) in [6, 6.07) is 0. The maximum atomic E-state index is 12.0. The largest absolute Gasteiger partial charge is 1.00 e. The van der Waals surface area contributed by atoms with Gasteiger partial charge in [-0.1, -0.05) is 27.7 Å². The van der Waals surface area contributed by atoms with Gasteiger partial charge in [-0.3, -0.25) is 14.1 Å². The molecule has 0 aliphatic rings. The summed E-state index contributed by atoms with van der Waals surface area (Å²) in [6.07, 6.45) is 0.379. The molecule has 0 heterocycles. The molecule has 0 aromatic rings. The summed E-state index contributed by atoms with van der Waals surface area (Å²) >= 11 is 0. The molecule has 0 rings (SSSR count). The maximum absolute atomic E-state index is 12.0. The van der Waals surface area contributed by atoms with Gasteiger partial charge in [-0.05, 0) is 31.6 Å². The molecule has 1 unspecified atom stereocenters. The van der Waals surface area contributed by atoms with Crippen LogP contribution in [0.1, 0.15) is 55.3 Å². The Bertz CT molecular complexity index is 508. The topological polar surface area (TPSA) is 107 Å². The molecule has 0 aliphatic heterocycles. The van der Waals surface area contributed by atoms with Crippen LogP contribution in [-0.2, 0) is 29.2 Å². The quantitative estimate of drug-likeness (QED) is 0.306. The molecule has 0 aromatic carbocycles. The first-order valence-electron chi connectivity index (χ1n) is 7.70. The third-order valence-electron chi connectivity index (χ3n) is 3.37. The molecule has 0 spiro atoms. The summed E-state index contributed by atoms with van der Waals surface area (Å²) in [7, 11) is -4.83. The number of hydrogen-bond acceptors (Lipinski definition) is 6. The summed E-state index contributed by atoms with van der Waals surface area (Å²) in [4.78, 5) is 23.8. The Morgan fingerprint density at radius 3 is 1.83 bits per heavy atom. The first kappa shape index (κ1) is 26.1. The first-order valence-corrected chi connectivity index (χ1v) is 9.14. The molecule has 0 fully saturated rings. The van der Waals surface area contributed by atoms with Crippen LogP contribution in [0.15, 0.2) is 0 Å². The van der Waals surface area contributed by atoms with Crippen molar-refractivity contribution in [3.8, 4) is 0 Å². The normalized spacial score (nSPS) is 14.0. The minimum atomic E-state index is -4.83. The summed E-state index contributed by atoms with van der Waals surface area (Å²) in [5, 5.41) is 0. The predicted molar refractivity (Wildman–Crippen MR) is 86.5 cm³/mol. The first-order chi connectivity index (χ1) is 10.4. The molecule has 0 aromatic heterocycles. The van der Waals surface area contributed by atoms with Crippen molar-refractivity contribution >= 4 is 22.1 Å². The second kappa shape index (κ2) is 11.5. The van der Waals surface area contributed by atoms with Crippen molar-refractivity contribution in [2.75, 3.05) is 13.2 Å². The van der Waals surface area contributed by atoms with Gasteiger partial charge in [-0.15, -0.1) is 0 Å². The number of rotatable bonds is 10. The van der Waals surface area contributed by atoms with Gasteiger partial charge in [-0.2, -0.15) is 8.42 Å². The Kier molecular flexibility index (Phi) is 12.5. The zero-order chi connectivity index (χ0) is 18.3. The molecular formula is C15H29NaO7S. The summed E-state index contributed by atoms with van der Waals surface area (Å²) in [6.45, 7) is 8.84. The fraction of sp³-hybridized carbons (Fsp3) is 0.867. The van der Waals surface area contributed by atoms with E-state index in [0.29, 0.717) is 18.8 Å². The van der Waals surface area contributed by atoms with Crippen LogP contribution in [0.3, 0.4) is 0 Å². The second-order valence-corrected chi connectivity index (χ2v) is 8.46. The number of hydrogen-bond donors (Lipinski definition) is 1. The van der Waals surface area contributed by atoms with Gasteiger partial charge < -0.3 is 10.9 Å². The summed E-state index contributed by atoms with van der Waals surface area (Å²) in [5.41, 5.74) is 0. The van der Waals surface area contributed by atoms with Crippen molar-refractivity contribution in [3.63, 3.8) is 0 Å². The fourth-order valence-electron chi connectivity index (χ4n) is 1.54. The van der Waals surface area contributed by atoms with Gasteiger partial charge in [0, 0.05) is 0 Å². The Morgan fingerprint density at radius 2 is 1.46 bits per heavy atom. The van der Waals surface area contributed by atoms with E-state index in [1.807, 2.05) is 27.7 Å². The van der Waals surface area contributed by atoms with Crippen molar-refractivity contribution in [2.24, 2.45) is 11.8 Å². The molecule has 1 N–H and O–H groups in total. The van der Waals surface area contributed by atoms with Gasteiger partial charge in [0.15, 0.2) is 0 Å². The van der Waals surface area contributed by atoms with Gasteiger partial charge in [0.25, 0.3) is 10.1 Å². The average molecular weight is 376 g/mol. The van der Waals surface area contributed by atoms with Crippen LogP contribution in [0.4, 0.5) is 0 Å². The Hall–Kier alpha value is -0.150. The van der Waals surface area contributed by atoms with E-state index in [4.69, 9.17) is 9.47 Å². The van der Waals surface area contributed by atoms with E-state index >= 15 is 0 Å². The molecule has 7 nitrogen and oxygen atoms in total. The molecule has 0 radical (unpaired) electrons. The Balaban J connectivity index is -0.00000242. The molecule has 24 heavy (non-hydrogen) atoms. The zero-order valence-corrected chi connectivity index (χ0v) is 18.3. The van der Waals surface area contributed by atoms with Crippen LogP contribution in [0.5, 0.6) is 0 Å². The number of ether oxygens (including phenoxy) is 2. The van der Waals surface area contributed by atoms with E-state index in [1.54, 1.807) is 0 Å². The SMILES string of the molecule is CC(C)CCOC(=O)CC(C)(C(=O)OCCC(C)C)S(=O)(=O)O.[H-].[Na+]. The number of esters is 2. The van der Waals surface area contributed by atoms with E-state index in [0.717, 1.165) is 6.92 Å². The molecule has 0 saturated heterocycles. The molecule has 9 heteroatoms. The third kappa shape index (κ3) is 9.36. The molecule has 1 atom stereocenters. The van der Waals surface area contributed by atoms with Gasteiger partial charge in [0.2, 0.25) is 4.75 Å². The monoisotopic (exact) mass is 376 g/mol. The minimum Gasteiger partial charge on any atom is -1.00 e. The van der Waals surface area contributed by atoms with Crippen molar-refractivity contribution < 1.29 is 63.0 Å². The zero-order valence-electron chi connectivity index (χ0n) is 16.5. The smallest absolute Gasteiger partial charge is 1.00 e. The van der Waals surface area contributed by atoms with Crippen LogP contribution < -0.4 is 29.6 Å². The van der Waals surface area contributed by atoms with Crippen LogP contribution in [0.25, 0.3) is 0 Å². The number of carbonyl (C=O) groups excluding carboxylic acids is 2. The van der Waals surface area contributed by atoms with Crippen LogP contribution in [-0.4, -0.2) is 42.9 Å². The molecule has 0 aliphatic carbocycles. The van der Waals surface area contributed by atoms with Gasteiger partial charge in [-0.25, -0.2) is 0 Å². The van der Waals surface area contributed by atoms with Crippen LogP contribution >= 0.6 is 0 Å². The second-order valence-electron chi connectivity index (χ2n) is 6.60. The fourth-order valence-corrected chi connectivity index (χ4v) is 2.11. The number of carbonyl (C=O) groups is 2. The molecule has 138 valence electrons. The molecule has 0 amide bonds. The predicted octanol–water partition coefficient (Wildman–Crippen LogP) is -0.682. The molecule has 0 saturated carbocycles. The summed E-state index contributed by atoms with van der Waals surface area (Å²) < 4.78 is 39.9. The third-order valence-corrected chi connectivity index (χ3v) is 4.82. The van der Waals surface area contributed by atoms with Crippen molar-refractivity contribution in [1.82, 2.24) is 0 Å². The van der Waals surface area contributed by atoms with Crippen LogP contribution in [0, 0.1) is 11.8 Å². The van der Waals surface area contributed by atoms with Crippen LogP contribution in [0.2, 0.25) is 0 Å². The van der Waals surface area contributed by atoms with Gasteiger partial charge >= 0.3 is 41.5 Å². The Morgan fingerprint density at radius 1 is 1.04 bits per heavy atom. The van der Waals surface area contributed by atoms with Gasteiger partial charge in [0.05, 0.1) is 19.6 Å². The molecule has 0 bridgehead atoms. The van der Waals surface area contributed by atoms with E-state index in [-0.39, 0.29) is 50.1 Å². The van der Waals surface area contributed by atoms with Crippen molar-refractivity contribution in [3.05, 3.63) is 0 Å². The summed E-state index contributed by atoms with van der Waals surface area (Å²) in [5.74, 6) is -1.44. The van der Waals surface area contributed by atoms with Crippen molar-refractivity contribution in [1.29, 1.82) is 0 Å². The van der Waals surface area contributed by atoms with E-state index in [1.165, 1.54) is 0 Å². The molecular weight excluding hydrogens is 347 g/mol. The maximum Gasteiger partial charge on any atom is 1.00 e. The van der Waals surface area contributed by atoms with E-state index in [2.05, 4.69) is 0 Å². The minimum absolute atomic E-state index is 0. The standard InChI is InChI=1S/C15H28O7S.Na.H/c1-11(2)6-8-21-13(16)10-15(5,23(18,19)20)14(17)22-9-7-12(3)4;;/h11-12H,6-10H2,1-5H3,(H,18,19,20);;/q;+1;-1. The van der Waals surface area contributed by atoms with Gasteiger partial charge in [0.1, 0.15) is 0 Å². The average Bonchev–Trinajstić information content (AvgIpc) is 2.35. The van der Waals surface area contributed by atoms with E-state index < -0.39 is 33.2 Å². The van der Waals surface area contributed by atoms with Crippen molar-refractivity contribution in [2.45, 2.75) is 58.6 Å². The Labute approximate surface area is 168 Å².